The Morgan fingerprint density at radius 1 is 0.706 bits per heavy atom. The lowest BCUT2D eigenvalue weighted by molar-refractivity contribution is 0.103. The van der Waals surface area contributed by atoms with Gasteiger partial charge in [0.25, 0.3) is 0 Å². The summed E-state index contributed by atoms with van der Waals surface area (Å²) in [4.78, 5) is 44.0. The number of halogens is 1. The lowest BCUT2D eigenvalue weighted by Crippen LogP contribution is -2.13. The van der Waals surface area contributed by atoms with Gasteiger partial charge >= 0.3 is 5.63 Å². The average Bonchev–Trinajstić information content (AvgIpc) is 2.88. The zero-order valence-corrected chi connectivity index (χ0v) is 17.7. The molecule has 0 unspecified atom stereocenters. The zero-order chi connectivity index (χ0) is 23.7. The van der Waals surface area contributed by atoms with Crippen molar-refractivity contribution in [2.75, 3.05) is 0 Å². The van der Waals surface area contributed by atoms with Crippen LogP contribution in [0.3, 0.4) is 0 Å². The molecule has 0 spiro atoms. The number of hydrogen-bond donors (Lipinski definition) is 0. The molecular weight excluding hydrogens is 433 g/mol. The molecule has 0 radical (unpaired) electrons. The van der Waals surface area contributed by atoms with Gasteiger partial charge in [-0.3, -0.25) is 9.59 Å². The average molecular weight is 449 g/mol. The monoisotopic (exact) mass is 449 g/mol. The van der Waals surface area contributed by atoms with Crippen molar-refractivity contribution in [1.29, 1.82) is 0 Å². The van der Waals surface area contributed by atoms with Crippen LogP contribution in [0.4, 0.5) is 4.39 Å². The first-order valence-electron chi connectivity index (χ1n) is 10.5. The van der Waals surface area contributed by atoms with Crippen molar-refractivity contribution in [2.45, 2.75) is 0 Å². The molecular formula is C28H16FNO4. The van der Waals surface area contributed by atoms with E-state index in [0.29, 0.717) is 5.52 Å². The topological polar surface area (TPSA) is 77.2 Å². The normalized spacial score (nSPS) is 10.9. The second-order valence-corrected chi connectivity index (χ2v) is 7.59. The van der Waals surface area contributed by atoms with Crippen LogP contribution in [0.15, 0.2) is 106 Å². The standard InChI is InChI=1S/C28H16FNO4/c29-19-15-21(25(31)17-9-3-1-4-10-17)24(22(16-19)26(32)18-11-5-2-6-12-18)27-30-23-14-8-7-13-20(23)28(33)34-27/h1-16H. The highest BCUT2D eigenvalue weighted by Crippen LogP contribution is 2.31. The minimum Gasteiger partial charge on any atom is -0.403 e. The van der Waals surface area contributed by atoms with Crippen molar-refractivity contribution in [3.8, 4) is 11.5 Å². The third kappa shape index (κ3) is 3.82. The summed E-state index contributed by atoms with van der Waals surface area (Å²) in [7, 11) is 0. The van der Waals surface area contributed by atoms with E-state index < -0.39 is 23.0 Å². The largest absolute Gasteiger partial charge is 0.403 e. The first-order valence-corrected chi connectivity index (χ1v) is 10.5. The smallest absolute Gasteiger partial charge is 0.347 e. The second-order valence-electron chi connectivity index (χ2n) is 7.59. The van der Waals surface area contributed by atoms with E-state index in [1.807, 2.05) is 0 Å². The first kappa shape index (κ1) is 21.2. The Morgan fingerprint density at radius 2 is 1.21 bits per heavy atom. The van der Waals surface area contributed by atoms with Crippen LogP contribution in [0.1, 0.15) is 31.8 Å². The van der Waals surface area contributed by atoms with Crippen LogP contribution in [-0.2, 0) is 0 Å². The van der Waals surface area contributed by atoms with Crippen LogP contribution in [0, 0.1) is 5.82 Å². The molecule has 34 heavy (non-hydrogen) atoms. The van der Waals surface area contributed by atoms with Crippen LogP contribution in [0.5, 0.6) is 0 Å². The Morgan fingerprint density at radius 3 is 1.76 bits per heavy atom. The van der Waals surface area contributed by atoms with E-state index in [1.54, 1.807) is 84.9 Å². The molecule has 1 aromatic heterocycles. The summed E-state index contributed by atoms with van der Waals surface area (Å²) in [6, 6.07) is 25.2. The van der Waals surface area contributed by atoms with Crippen LogP contribution in [0.25, 0.3) is 22.4 Å². The van der Waals surface area contributed by atoms with E-state index in [1.165, 1.54) is 0 Å². The zero-order valence-electron chi connectivity index (χ0n) is 17.7. The molecule has 0 amide bonds. The Labute approximate surface area is 193 Å². The van der Waals surface area contributed by atoms with Crippen molar-refractivity contribution in [1.82, 2.24) is 4.98 Å². The van der Waals surface area contributed by atoms with Gasteiger partial charge in [-0.15, -0.1) is 0 Å². The molecule has 0 aliphatic rings. The second kappa shape index (κ2) is 8.67. The Bertz CT molecular complexity index is 1540. The molecule has 0 saturated carbocycles. The molecule has 164 valence electrons. The Kier molecular flexibility index (Phi) is 5.40. The van der Waals surface area contributed by atoms with Gasteiger partial charge in [0.1, 0.15) is 5.82 Å². The van der Waals surface area contributed by atoms with E-state index in [2.05, 4.69) is 4.98 Å². The number of fused-ring (bicyclic) bond motifs is 1. The van der Waals surface area contributed by atoms with E-state index in [0.717, 1.165) is 12.1 Å². The van der Waals surface area contributed by atoms with Gasteiger partial charge in [-0.2, -0.15) is 0 Å². The van der Waals surface area contributed by atoms with Gasteiger partial charge in [-0.05, 0) is 24.3 Å². The number of hydrogen-bond acceptors (Lipinski definition) is 5. The number of rotatable bonds is 5. The van der Waals surface area contributed by atoms with Gasteiger partial charge < -0.3 is 4.42 Å². The number of ketones is 2. The van der Waals surface area contributed by atoms with E-state index in [4.69, 9.17) is 4.42 Å². The van der Waals surface area contributed by atoms with Crippen molar-refractivity contribution in [2.24, 2.45) is 0 Å². The van der Waals surface area contributed by atoms with E-state index in [-0.39, 0.29) is 39.1 Å². The predicted molar refractivity (Wildman–Crippen MR) is 125 cm³/mol. The number of aromatic nitrogens is 1. The summed E-state index contributed by atoms with van der Waals surface area (Å²) >= 11 is 0. The molecule has 5 rings (SSSR count). The van der Waals surface area contributed by atoms with Crippen LogP contribution in [-0.4, -0.2) is 16.6 Å². The fraction of sp³-hybridized carbons (Fsp3) is 0. The Hall–Kier alpha value is -4.71. The molecule has 0 N–H and O–H groups in total. The number of benzene rings is 4. The molecule has 0 aliphatic heterocycles. The van der Waals surface area contributed by atoms with Crippen LogP contribution in [0.2, 0.25) is 0 Å². The fourth-order valence-electron chi connectivity index (χ4n) is 3.81. The van der Waals surface area contributed by atoms with Crippen molar-refractivity contribution in [3.05, 3.63) is 136 Å². The SMILES string of the molecule is O=C(c1ccccc1)c1cc(F)cc(C(=O)c2ccccc2)c1-c1nc2ccccc2c(=O)o1. The third-order valence-corrected chi connectivity index (χ3v) is 5.41. The maximum Gasteiger partial charge on any atom is 0.347 e. The summed E-state index contributed by atoms with van der Waals surface area (Å²) in [5, 5.41) is 0.250. The van der Waals surface area contributed by atoms with Gasteiger partial charge in [-0.1, -0.05) is 72.8 Å². The van der Waals surface area contributed by atoms with Crippen molar-refractivity contribution in [3.63, 3.8) is 0 Å². The summed E-state index contributed by atoms with van der Waals surface area (Å²) in [6.07, 6.45) is 0. The number of carbonyl (C=O) groups is 2. The predicted octanol–water partition coefficient (Wildman–Crippen LogP) is 5.46. The lowest BCUT2D eigenvalue weighted by atomic mass is 9.90. The van der Waals surface area contributed by atoms with E-state index in [9.17, 15) is 18.8 Å². The molecule has 0 saturated heterocycles. The molecule has 5 nitrogen and oxygen atoms in total. The van der Waals surface area contributed by atoms with Crippen molar-refractivity contribution >= 4 is 22.5 Å². The minimum absolute atomic E-state index is 0.0352. The highest BCUT2D eigenvalue weighted by atomic mass is 19.1. The summed E-state index contributed by atoms with van der Waals surface area (Å²) in [5.41, 5.74) is -0.0681. The number of para-hydroxylation sites is 1. The van der Waals surface area contributed by atoms with Crippen molar-refractivity contribution < 1.29 is 18.4 Å². The van der Waals surface area contributed by atoms with Gasteiger partial charge in [0.05, 0.1) is 16.5 Å². The summed E-state index contributed by atoms with van der Waals surface area (Å²) in [6.45, 7) is 0. The number of carbonyl (C=O) groups excluding carboxylic acids is 2. The van der Waals surface area contributed by atoms with Gasteiger partial charge in [0.15, 0.2) is 11.6 Å². The molecule has 1 heterocycles. The molecule has 5 aromatic rings. The quantitative estimate of drug-likeness (QED) is 0.333. The third-order valence-electron chi connectivity index (χ3n) is 5.41. The maximum absolute atomic E-state index is 14.8. The van der Waals surface area contributed by atoms with E-state index >= 15 is 0 Å². The van der Waals surface area contributed by atoms with Crippen LogP contribution >= 0.6 is 0 Å². The number of nitrogens with zero attached hydrogens (tertiary/aromatic N) is 1. The summed E-state index contributed by atoms with van der Waals surface area (Å²) < 4.78 is 20.3. The van der Waals surface area contributed by atoms with Gasteiger partial charge in [0.2, 0.25) is 5.89 Å². The van der Waals surface area contributed by atoms with Gasteiger partial charge in [-0.25, -0.2) is 14.2 Å². The molecule has 4 aromatic carbocycles. The van der Waals surface area contributed by atoms with Crippen LogP contribution < -0.4 is 5.63 Å². The molecule has 6 heteroatoms. The van der Waals surface area contributed by atoms with Gasteiger partial charge in [0, 0.05) is 22.3 Å². The highest BCUT2D eigenvalue weighted by Gasteiger charge is 2.27. The first-order chi connectivity index (χ1) is 16.5. The Balaban J connectivity index is 1.83. The minimum atomic E-state index is -0.773. The fourth-order valence-corrected chi connectivity index (χ4v) is 3.81. The highest BCUT2D eigenvalue weighted by molar-refractivity contribution is 6.19. The molecule has 0 bridgehead atoms. The summed E-state index contributed by atoms with van der Waals surface area (Å²) in [5.74, 6) is -2.07. The molecule has 0 fully saturated rings. The lowest BCUT2D eigenvalue weighted by Gasteiger charge is -2.13. The molecule has 0 atom stereocenters. The maximum atomic E-state index is 14.8. The molecule has 0 aliphatic carbocycles.